The van der Waals surface area contributed by atoms with Crippen LogP contribution in [0.25, 0.3) is 0 Å². The van der Waals surface area contributed by atoms with Crippen LogP contribution < -0.4 is 0 Å². The van der Waals surface area contributed by atoms with Crippen molar-refractivity contribution in [3.63, 3.8) is 0 Å². The van der Waals surface area contributed by atoms with Crippen molar-refractivity contribution < 1.29 is 101 Å². The summed E-state index contributed by atoms with van der Waals surface area (Å²) in [6, 6.07) is 0. The highest BCUT2D eigenvalue weighted by molar-refractivity contribution is 7.86. The Balaban J connectivity index is 0. The summed E-state index contributed by atoms with van der Waals surface area (Å²) in [6.45, 7) is 0. The molecular weight excluding hydrogens is 611 g/mol. The fourth-order valence-electron chi connectivity index (χ4n) is 1.50. The minimum Gasteiger partial charge on any atom is -0.743 e. The van der Waals surface area contributed by atoms with Crippen LogP contribution in [0.1, 0.15) is 0 Å². The van der Waals surface area contributed by atoms with E-state index < -0.39 is 63.0 Å². The highest BCUT2D eigenvalue weighted by atomic mass is 32.2. The molecule has 37 heavy (non-hydrogen) atoms. The monoisotopic (exact) mass is 623 g/mol. The van der Waals surface area contributed by atoms with E-state index in [4.69, 9.17) is 0 Å². The Morgan fingerprint density at radius 1 is 0.432 bits per heavy atom. The second kappa shape index (κ2) is 9.33. The summed E-state index contributed by atoms with van der Waals surface area (Å²) in [6.07, 6.45) is -8.00. The minimum absolute atomic E-state index is 1.00. The third-order valence-corrected chi connectivity index (χ3v) is 4.29. The lowest BCUT2D eigenvalue weighted by atomic mass is 9.89. The molecule has 0 aliphatic heterocycles. The van der Waals surface area contributed by atoms with Crippen LogP contribution in [0.3, 0.4) is 0 Å². The second-order valence-electron chi connectivity index (χ2n) is 8.17. The van der Waals surface area contributed by atoms with Gasteiger partial charge in [-0.15, -0.1) is 0 Å². The van der Waals surface area contributed by atoms with E-state index in [-0.39, 0.29) is 0 Å². The van der Waals surface area contributed by atoms with Crippen LogP contribution in [0.2, 0.25) is 0 Å². The first kappa shape index (κ1) is 37.7. The number of rotatable bonds is 8. The highest BCUT2D eigenvalue weighted by Gasteiger charge is 2.97. The summed E-state index contributed by atoms with van der Waals surface area (Å²) < 4.78 is 273. The molecule has 0 heterocycles. The van der Waals surface area contributed by atoms with Gasteiger partial charge < -0.3 is 9.04 Å². The summed E-state index contributed by atoms with van der Waals surface area (Å²) >= 11 is 0. The normalized spacial score (nSPS) is 16.3. The summed E-state index contributed by atoms with van der Waals surface area (Å²) in [5, 5.41) is -8.07. The standard InChI is InChI=1S/C9HF19O3S.C4H12N/c10-1(11,2(12,13)4(16,17)6(20,21)8(24,25)26)3(14,15)5(18,19)7(22,23)9(27,28)32(29,30)31;1-5(2,3)4/h(H,29,30,31);1-4H3/q;+1/p-1. The zero-order valence-corrected chi connectivity index (χ0v) is 18.6. The number of alkyl halides is 19. The molecule has 226 valence electrons. The lowest BCUT2D eigenvalue weighted by molar-refractivity contribution is -0.849. The fraction of sp³-hybridized carbons (Fsp3) is 1.00. The van der Waals surface area contributed by atoms with E-state index in [1.165, 1.54) is 0 Å². The number of quaternary nitrogens is 1. The molecule has 0 aromatic rings. The van der Waals surface area contributed by atoms with Crippen molar-refractivity contribution in [3.05, 3.63) is 0 Å². The summed E-state index contributed by atoms with van der Waals surface area (Å²) in [5.41, 5.74) is 0. The van der Waals surface area contributed by atoms with Gasteiger partial charge in [-0.3, -0.25) is 0 Å². The molecule has 0 fully saturated rings. The number of hydrogen-bond donors (Lipinski definition) is 0. The fourth-order valence-corrected chi connectivity index (χ4v) is 1.95. The van der Waals surface area contributed by atoms with E-state index in [2.05, 4.69) is 28.2 Å². The largest absolute Gasteiger partial charge is 0.743 e. The van der Waals surface area contributed by atoms with Gasteiger partial charge in [0.05, 0.1) is 28.2 Å². The quantitative estimate of drug-likeness (QED) is 0.205. The Kier molecular flexibility index (Phi) is 9.50. The number of hydrogen-bond acceptors (Lipinski definition) is 3. The number of halogens is 19. The first-order valence-corrected chi connectivity index (χ1v) is 9.49. The molecule has 24 heteroatoms. The average Bonchev–Trinajstić information content (AvgIpc) is 2.56. The molecule has 0 unspecified atom stereocenters. The third kappa shape index (κ3) is 5.78. The van der Waals surface area contributed by atoms with Gasteiger partial charge in [0, 0.05) is 0 Å². The molecule has 0 saturated carbocycles. The minimum atomic E-state index is -9.17. The molecule has 0 bridgehead atoms. The molecule has 0 amide bonds. The van der Waals surface area contributed by atoms with E-state index in [9.17, 15) is 96.4 Å². The van der Waals surface area contributed by atoms with Crippen molar-refractivity contribution in [1.82, 2.24) is 0 Å². The number of nitrogens with zero attached hydrogens (tertiary/aromatic N) is 1. The maximum atomic E-state index is 13.2. The van der Waals surface area contributed by atoms with Crippen LogP contribution in [0.5, 0.6) is 0 Å². The van der Waals surface area contributed by atoms with Crippen LogP contribution in [0, 0.1) is 0 Å². The zero-order chi connectivity index (χ0) is 31.5. The van der Waals surface area contributed by atoms with Crippen LogP contribution in [-0.2, 0) is 10.1 Å². The smallest absolute Gasteiger partial charge is 0.460 e. The van der Waals surface area contributed by atoms with Gasteiger partial charge in [0.2, 0.25) is 0 Å². The van der Waals surface area contributed by atoms with Gasteiger partial charge in [-0.25, -0.2) is 8.42 Å². The molecular formula is C13H12F19NO3S. The van der Waals surface area contributed by atoms with Crippen molar-refractivity contribution in [2.45, 2.75) is 52.9 Å². The SMILES string of the molecule is C[N+](C)(C)C.O=S(=O)([O-])C(F)(F)C(F)(F)C(F)(F)C(F)(F)C(F)(F)C(F)(F)C(F)(F)C(F)(F)C(F)(F)F. The molecule has 0 spiro atoms. The van der Waals surface area contributed by atoms with Crippen LogP contribution in [0.15, 0.2) is 0 Å². The summed E-state index contributed by atoms with van der Waals surface area (Å²) in [7, 11) is 0.249. The van der Waals surface area contributed by atoms with Crippen molar-refractivity contribution in [2.24, 2.45) is 0 Å². The van der Waals surface area contributed by atoms with Gasteiger partial charge in [0.1, 0.15) is 0 Å². The van der Waals surface area contributed by atoms with E-state index >= 15 is 0 Å². The average molecular weight is 623 g/mol. The van der Waals surface area contributed by atoms with Crippen molar-refractivity contribution in [3.8, 4) is 0 Å². The maximum absolute atomic E-state index is 13.2. The molecule has 0 aromatic heterocycles. The van der Waals surface area contributed by atoms with Gasteiger partial charge in [-0.1, -0.05) is 0 Å². The Morgan fingerprint density at radius 3 is 0.757 bits per heavy atom. The Labute approximate surface area is 193 Å². The highest BCUT2D eigenvalue weighted by Crippen LogP contribution is 2.65. The Bertz CT molecular complexity index is 910. The predicted molar refractivity (Wildman–Crippen MR) is 79.3 cm³/mol. The third-order valence-electron chi connectivity index (χ3n) is 3.40. The Hall–Kier alpha value is -1.46. The van der Waals surface area contributed by atoms with E-state index in [0.717, 1.165) is 4.48 Å². The first-order chi connectivity index (χ1) is 15.2. The first-order valence-electron chi connectivity index (χ1n) is 8.08. The van der Waals surface area contributed by atoms with Gasteiger partial charge in [-0.05, 0) is 0 Å². The lowest BCUT2D eigenvalue weighted by Gasteiger charge is -2.43. The summed E-state index contributed by atoms with van der Waals surface area (Å²) in [4.78, 5) is 0. The van der Waals surface area contributed by atoms with Crippen LogP contribution >= 0.6 is 0 Å². The second-order valence-corrected chi connectivity index (χ2v) is 9.59. The molecule has 0 aliphatic carbocycles. The molecule has 0 saturated heterocycles. The molecule has 4 nitrogen and oxygen atoms in total. The topological polar surface area (TPSA) is 57.2 Å². The van der Waals surface area contributed by atoms with Crippen molar-refractivity contribution in [1.29, 1.82) is 0 Å². The summed E-state index contributed by atoms with van der Waals surface area (Å²) in [5.74, 6) is -62.3. The van der Waals surface area contributed by atoms with E-state index in [1.807, 2.05) is 0 Å². The van der Waals surface area contributed by atoms with E-state index in [1.54, 1.807) is 0 Å². The van der Waals surface area contributed by atoms with E-state index in [0.29, 0.717) is 0 Å². The molecule has 0 radical (unpaired) electrons. The Morgan fingerprint density at radius 2 is 0.595 bits per heavy atom. The zero-order valence-electron chi connectivity index (χ0n) is 17.8. The van der Waals surface area contributed by atoms with Crippen molar-refractivity contribution in [2.75, 3.05) is 28.2 Å². The van der Waals surface area contributed by atoms with Crippen LogP contribution in [0.4, 0.5) is 83.4 Å². The van der Waals surface area contributed by atoms with Gasteiger partial charge in [-0.2, -0.15) is 83.4 Å². The van der Waals surface area contributed by atoms with Gasteiger partial charge >= 0.3 is 52.9 Å². The van der Waals surface area contributed by atoms with Crippen molar-refractivity contribution >= 4 is 10.1 Å². The van der Waals surface area contributed by atoms with Crippen LogP contribution in [-0.4, -0.2) is 98.5 Å². The molecule has 0 atom stereocenters. The van der Waals surface area contributed by atoms with Gasteiger partial charge in [0.15, 0.2) is 10.1 Å². The maximum Gasteiger partial charge on any atom is 0.460 e. The molecule has 0 aromatic carbocycles. The lowest BCUT2D eigenvalue weighted by Crippen LogP contribution is -2.76. The molecule has 0 N–H and O–H groups in total. The molecule has 0 aliphatic rings. The van der Waals surface area contributed by atoms with Gasteiger partial charge in [0.25, 0.3) is 0 Å². The molecule has 0 rings (SSSR count). The predicted octanol–water partition coefficient (Wildman–Crippen LogP) is 5.46.